The maximum absolute atomic E-state index is 11.5. The van der Waals surface area contributed by atoms with Crippen LogP contribution in [0.1, 0.15) is 19.4 Å². The van der Waals surface area contributed by atoms with Crippen molar-refractivity contribution in [1.82, 2.24) is 9.97 Å². The fourth-order valence-corrected chi connectivity index (χ4v) is 1.53. The average Bonchev–Trinajstić information content (AvgIpc) is 2.10. The molecule has 0 unspecified atom stereocenters. The summed E-state index contributed by atoms with van der Waals surface area (Å²) in [5, 5.41) is 9.95. The van der Waals surface area contributed by atoms with Crippen molar-refractivity contribution >= 4 is 11.8 Å². The quantitative estimate of drug-likeness (QED) is 0.589. The summed E-state index contributed by atoms with van der Waals surface area (Å²) in [5.74, 6) is 0.177. The smallest absolute Gasteiger partial charge is 0.258 e. The number of hydrogen-bond donors (Lipinski definition) is 2. The van der Waals surface area contributed by atoms with Crippen LogP contribution in [-0.2, 0) is 6.42 Å². The Balaban J connectivity index is 3.12. The number of aromatic nitrogens is 2. The van der Waals surface area contributed by atoms with Crippen LogP contribution in [0.25, 0.3) is 0 Å². The second kappa shape index (κ2) is 4.50. The fraction of sp³-hybridized carbons (Fsp3) is 0.556. The summed E-state index contributed by atoms with van der Waals surface area (Å²) in [6.07, 6.45) is 2.34. The molecule has 14 heavy (non-hydrogen) atoms. The highest BCUT2D eigenvalue weighted by Crippen LogP contribution is 2.16. The third-order valence-electron chi connectivity index (χ3n) is 1.78. The lowest BCUT2D eigenvalue weighted by Gasteiger charge is -2.06. The van der Waals surface area contributed by atoms with Crippen LogP contribution >= 0.6 is 11.8 Å². The van der Waals surface area contributed by atoms with Crippen LogP contribution in [0.15, 0.2) is 9.95 Å². The summed E-state index contributed by atoms with van der Waals surface area (Å²) in [6, 6.07) is 0. The molecule has 1 heterocycles. The molecule has 5 heteroatoms. The lowest BCUT2D eigenvalue weighted by atomic mass is 10.1. The second-order valence-electron chi connectivity index (χ2n) is 3.48. The summed E-state index contributed by atoms with van der Waals surface area (Å²) < 4.78 is 0. The molecule has 2 N–H and O–H groups in total. The molecular formula is C9H14N2O2S. The molecule has 0 atom stereocenters. The largest absolute Gasteiger partial charge is 0.493 e. The summed E-state index contributed by atoms with van der Waals surface area (Å²) in [6.45, 7) is 3.97. The number of H-pyrrole nitrogens is 1. The van der Waals surface area contributed by atoms with Gasteiger partial charge < -0.3 is 10.1 Å². The van der Waals surface area contributed by atoms with Gasteiger partial charge in [0.2, 0.25) is 5.88 Å². The van der Waals surface area contributed by atoms with Crippen LogP contribution in [0.3, 0.4) is 0 Å². The van der Waals surface area contributed by atoms with E-state index in [0.717, 1.165) is 0 Å². The van der Waals surface area contributed by atoms with Gasteiger partial charge in [-0.15, -0.1) is 0 Å². The highest BCUT2D eigenvalue weighted by atomic mass is 32.2. The molecule has 0 saturated carbocycles. The van der Waals surface area contributed by atoms with E-state index in [4.69, 9.17) is 0 Å². The summed E-state index contributed by atoms with van der Waals surface area (Å²) in [7, 11) is 0. The van der Waals surface area contributed by atoms with E-state index in [2.05, 4.69) is 9.97 Å². The van der Waals surface area contributed by atoms with Gasteiger partial charge in [0.15, 0.2) is 5.16 Å². The van der Waals surface area contributed by atoms with Crippen molar-refractivity contribution in [3.8, 4) is 5.88 Å². The normalized spacial score (nSPS) is 10.9. The van der Waals surface area contributed by atoms with E-state index >= 15 is 0 Å². The molecule has 0 bridgehead atoms. The number of thioether (sulfide) groups is 1. The molecule has 78 valence electrons. The Morgan fingerprint density at radius 2 is 2.21 bits per heavy atom. The van der Waals surface area contributed by atoms with Gasteiger partial charge >= 0.3 is 0 Å². The van der Waals surface area contributed by atoms with Gasteiger partial charge in [0.25, 0.3) is 5.56 Å². The molecule has 0 saturated heterocycles. The Labute approximate surface area is 86.8 Å². The van der Waals surface area contributed by atoms with E-state index in [0.29, 0.717) is 23.1 Å². The zero-order valence-electron chi connectivity index (χ0n) is 8.50. The van der Waals surface area contributed by atoms with Crippen molar-refractivity contribution in [2.45, 2.75) is 25.4 Å². The second-order valence-corrected chi connectivity index (χ2v) is 4.27. The van der Waals surface area contributed by atoms with E-state index in [9.17, 15) is 9.90 Å². The zero-order chi connectivity index (χ0) is 10.7. The minimum absolute atomic E-state index is 0.146. The molecule has 1 aromatic rings. The zero-order valence-corrected chi connectivity index (χ0v) is 9.31. The molecule has 0 fully saturated rings. The highest BCUT2D eigenvalue weighted by molar-refractivity contribution is 7.98. The van der Waals surface area contributed by atoms with Crippen LogP contribution in [0, 0.1) is 5.92 Å². The van der Waals surface area contributed by atoms with Crippen LogP contribution in [-0.4, -0.2) is 21.3 Å². The first-order valence-corrected chi connectivity index (χ1v) is 5.63. The van der Waals surface area contributed by atoms with Crippen LogP contribution in [0.2, 0.25) is 0 Å². The van der Waals surface area contributed by atoms with Crippen molar-refractivity contribution < 1.29 is 5.11 Å². The maximum Gasteiger partial charge on any atom is 0.258 e. The van der Waals surface area contributed by atoms with Crippen LogP contribution in [0.4, 0.5) is 0 Å². The molecule has 0 aliphatic heterocycles. The molecule has 1 rings (SSSR count). The first kappa shape index (κ1) is 11.1. The average molecular weight is 214 g/mol. The van der Waals surface area contributed by atoms with E-state index in [1.165, 1.54) is 11.8 Å². The SMILES string of the molecule is CSc1nc(O)c(CC(C)C)c(=O)[nH]1. The molecule has 0 aromatic carbocycles. The Hall–Kier alpha value is -0.970. The lowest BCUT2D eigenvalue weighted by molar-refractivity contribution is 0.430. The van der Waals surface area contributed by atoms with Crippen molar-refractivity contribution in [3.05, 3.63) is 15.9 Å². The van der Waals surface area contributed by atoms with Gasteiger partial charge in [-0.05, 0) is 18.6 Å². The number of aromatic amines is 1. The van der Waals surface area contributed by atoms with Gasteiger partial charge in [0.1, 0.15) is 0 Å². The molecule has 1 aromatic heterocycles. The van der Waals surface area contributed by atoms with Gasteiger partial charge in [0.05, 0.1) is 5.56 Å². The van der Waals surface area contributed by atoms with Gasteiger partial charge in [-0.3, -0.25) is 4.79 Å². The van der Waals surface area contributed by atoms with Gasteiger partial charge in [0, 0.05) is 0 Å². The Morgan fingerprint density at radius 1 is 1.57 bits per heavy atom. The van der Waals surface area contributed by atoms with Gasteiger partial charge in [-0.2, -0.15) is 4.98 Å². The number of hydrogen-bond acceptors (Lipinski definition) is 4. The minimum Gasteiger partial charge on any atom is -0.493 e. The highest BCUT2D eigenvalue weighted by Gasteiger charge is 2.11. The number of nitrogens with one attached hydrogen (secondary N) is 1. The first-order valence-electron chi connectivity index (χ1n) is 4.40. The third kappa shape index (κ3) is 2.51. The molecular weight excluding hydrogens is 200 g/mol. The van der Waals surface area contributed by atoms with Crippen molar-refractivity contribution in [1.29, 1.82) is 0 Å². The van der Waals surface area contributed by atoms with E-state index < -0.39 is 0 Å². The summed E-state index contributed by atoms with van der Waals surface area (Å²) in [5.41, 5.74) is 0.133. The van der Waals surface area contributed by atoms with Crippen LogP contribution < -0.4 is 5.56 Å². The molecule has 0 aliphatic rings. The molecule has 0 amide bonds. The van der Waals surface area contributed by atoms with Crippen molar-refractivity contribution in [2.75, 3.05) is 6.26 Å². The fourth-order valence-electron chi connectivity index (χ4n) is 1.15. The van der Waals surface area contributed by atoms with E-state index in [-0.39, 0.29) is 11.4 Å². The Morgan fingerprint density at radius 3 is 2.64 bits per heavy atom. The summed E-state index contributed by atoms with van der Waals surface area (Å²) in [4.78, 5) is 18.0. The molecule has 4 nitrogen and oxygen atoms in total. The summed E-state index contributed by atoms with van der Waals surface area (Å²) >= 11 is 1.30. The molecule has 0 aliphatic carbocycles. The predicted molar refractivity (Wildman–Crippen MR) is 56.8 cm³/mol. The topological polar surface area (TPSA) is 66.0 Å². The monoisotopic (exact) mass is 214 g/mol. The molecule has 0 spiro atoms. The number of rotatable bonds is 3. The van der Waals surface area contributed by atoms with Crippen molar-refractivity contribution in [2.24, 2.45) is 5.92 Å². The lowest BCUT2D eigenvalue weighted by Crippen LogP contribution is -2.16. The van der Waals surface area contributed by atoms with Crippen LogP contribution in [0.5, 0.6) is 5.88 Å². The maximum atomic E-state index is 11.5. The number of aromatic hydroxyl groups is 1. The predicted octanol–water partition coefficient (Wildman–Crippen LogP) is 1.40. The number of nitrogens with zero attached hydrogens (tertiary/aromatic N) is 1. The van der Waals surface area contributed by atoms with E-state index in [1.807, 2.05) is 13.8 Å². The van der Waals surface area contributed by atoms with Crippen molar-refractivity contribution in [3.63, 3.8) is 0 Å². The first-order chi connectivity index (χ1) is 6.54. The minimum atomic E-state index is -0.240. The Bertz CT molecular complexity index is 374. The third-order valence-corrected chi connectivity index (χ3v) is 2.36. The van der Waals surface area contributed by atoms with Gasteiger partial charge in [-0.1, -0.05) is 25.6 Å². The Kier molecular flexibility index (Phi) is 3.57. The standard InChI is InChI=1S/C9H14N2O2S/c1-5(2)4-6-7(12)10-9(14-3)11-8(6)13/h5H,4H2,1-3H3,(H2,10,11,12,13). The molecule has 0 radical (unpaired) electrons. The van der Waals surface area contributed by atoms with E-state index in [1.54, 1.807) is 6.26 Å². The van der Waals surface area contributed by atoms with Gasteiger partial charge in [-0.25, -0.2) is 0 Å².